The summed E-state index contributed by atoms with van der Waals surface area (Å²) in [5.74, 6) is 0. The molecule has 0 aromatic heterocycles. The molecule has 0 bridgehead atoms. The van der Waals surface area contributed by atoms with E-state index in [1.165, 1.54) is 25.7 Å². The second kappa shape index (κ2) is 1.62. The fourth-order valence-corrected chi connectivity index (χ4v) is 9.46. The van der Waals surface area contributed by atoms with E-state index in [-0.39, 0.29) is 9.49 Å². The molecule has 0 N–H and O–H groups in total. The lowest BCUT2D eigenvalue weighted by Crippen LogP contribution is -2.29. The first-order valence-electron chi connectivity index (χ1n) is 6.32. The van der Waals surface area contributed by atoms with E-state index in [0.29, 0.717) is 10.8 Å². The summed E-state index contributed by atoms with van der Waals surface area (Å²) in [6, 6.07) is 0. The largest absolute Gasteiger partial charge is 0.228 e. The molecule has 5 fully saturated rings. The molecule has 0 radical (unpaired) electrons. The summed E-state index contributed by atoms with van der Waals surface area (Å²) in [7, 11) is -2.77. The van der Waals surface area contributed by atoms with Crippen LogP contribution in [-0.2, 0) is 9.84 Å². The number of rotatable bonds is 0. The Bertz CT molecular complexity index is 446. The van der Waals surface area contributed by atoms with Gasteiger partial charge in [-0.2, -0.15) is 0 Å². The Hall–Kier alpha value is -0.0500. The van der Waals surface area contributed by atoms with E-state index in [9.17, 15) is 8.42 Å². The molecule has 1 heterocycles. The van der Waals surface area contributed by atoms with Gasteiger partial charge in [-0.1, -0.05) is 0 Å². The molecule has 0 aromatic rings. The minimum Gasteiger partial charge on any atom is -0.228 e. The topological polar surface area (TPSA) is 34.1 Å². The van der Waals surface area contributed by atoms with Gasteiger partial charge in [-0.25, -0.2) is 8.42 Å². The smallest absolute Gasteiger partial charge is 0.162 e. The van der Waals surface area contributed by atoms with Crippen molar-refractivity contribution in [3.05, 3.63) is 0 Å². The van der Waals surface area contributed by atoms with Crippen LogP contribution in [0.3, 0.4) is 0 Å². The van der Waals surface area contributed by atoms with Crippen molar-refractivity contribution in [3.63, 3.8) is 0 Å². The molecule has 3 heteroatoms. The predicted octanol–water partition coefficient (Wildman–Crippen LogP) is 2.04. The van der Waals surface area contributed by atoms with Crippen molar-refractivity contribution in [1.29, 1.82) is 0 Å². The molecule has 0 unspecified atom stereocenters. The zero-order valence-electron chi connectivity index (χ0n) is 8.88. The number of hydrogen-bond acceptors (Lipinski definition) is 2. The average Bonchev–Trinajstić information content (AvgIpc) is 3.08. The predicted molar refractivity (Wildman–Crippen MR) is 56.2 cm³/mol. The van der Waals surface area contributed by atoms with Gasteiger partial charge >= 0.3 is 0 Å². The van der Waals surface area contributed by atoms with Gasteiger partial charge in [0.15, 0.2) is 9.84 Å². The van der Waals surface area contributed by atoms with Crippen LogP contribution in [0.15, 0.2) is 0 Å². The highest BCUT2D eigenvalue weighted by atomic mass is 32.2. The zero-order chi connectivity index (χ0) is 10.2. The molecule has 1 aliphatic heterocycles. The molecule has 82 valence electrons. The molecule has 15 heavy (non-hydrogen) atoms. The highest BCUT2D eigenvalue weighted by molar-refractivity contribution is 7.95. The van der Waals surface area contributed by atoms with Crippen molar-refractivity contribution >= 4 is 9.84 Å². The Labute approximate surface area is 90.3 Å². The second-order valence-corrected chi connectivity index (χ2v) is 9.23. The third-order valence-electron chi connectivity index (χ3n) is 6.60. The molecule has 0 aromatic carbocycles. The van der Waals surface area contributed by atoms with Crippen LogP contribution in [0.25, 0.3) is 0 Å². The summed E-state index contributed by atoms with van der Waals surface area (Å²) >= 11 is 0. The van der Waals surface area contributed by atoms with Gasteiger partial charge in [-0.05, 0) is 62.2 Å². The van der Waals surface area contributed by atoms with Crippen LogP contribution >= 0.6 is 0 Å². The van der Waals surface area contributed by atoms with Crippen molar-refractivity contribution in [2.45, 2.75) is 60.9 Å². The highest BCUT2D eigenvalue weighted by Gasteiger charge is 2.96. The quantitative estimate of drug-likeness (QED) is 0.631. The van der Waals surface area contributed by atoms with Gasteiger partial charge < -0.3 is 0 Å². The Morgan fingerprint density at radius 1 is 0.600 bits per heavy atom. The highest BCUT2D eigenvalue weighted by Crippen LogP contribution is 2.93. The maximum atomic E-state index is 12.8. The van der Waals surface area contributed by atoms with E-state index in [2.05, 4.69) is 0 Å². The maximum Gasteiger partial charge on any atom is 0.162 e. The van der Waals surface area contributed by atoms with E-state index in [1.807, 2.05) is 0 Å². The lowest BCUT2D eigenvalue weighted by atomic mass is 9.78. The van der Waals surface area contributed by atoms with Gasteiger partial charge in [0.05, 0.1) is 9.49 Å². The second-order valence-electron chi connectivity index (χ2n) is 6.66. The van der Waals surface area contributed by atoms with Gasteiger partial charge in [0.2, 0.25) is 0 Å². The first kappa shape index (κ1) is 8.10. The average molecular weight is 224 g/mol. The maximum absolute atomic E-state index is 12.8. The molecule has 5 rings (SSSR count). The Morgan fingerprint density at radius 3 is 1.13 bits per heavy atom. The Morgan fingerprint density at radius 2 is 0.933 bits per heavy atom. The van der Waals surface area contributed by atoms with Crippen molar-refractivity contribution < 1.29 is 8.42 Å². The molecule has 4 saturated carbocycles. The van der Waals surface area contributed by atoms with Crippen LogP contribution in [0.4, 0.5) is 0 Å². The molecule has 0 atom stereocenters. The molecular weight excluding hydrogens is 208 g/mol. The summed E-state index contributed by atoms with van der Waals surface area (Å²) in [6.07, 6.45) is 8.92. The summed E-state index contributed by atoms with van der Waals surface area (Å²) < 4.78 is 25.2. The van der Waals surface area contributed by atoms with Gasteiger partial charge in [0.1, 0.15) is 0 Å². The lowest BCUT2D eigenvalue weighted by Gasteiger charge is -2.23. The summed E-state index contributed by atoms with van der Waals surface area (Å²) in [4.78, 5) is 0. The summed E-state index contributed by atoms with van der Waals surface area (Å²) in [5.41, 5.74) is 0.602. The van der Waals surface area contributed by atoms with Crippen LogP contribution in [0.2, 0.25) is 0 Å². The molecule has 1 saturated heterocycles. The van der Waals surface area contributed by atoms with Gasteiger partial charge in [-0.3, -0.25) is 0 Å². The van der Waals surface area contributed by atoms with E-state index in [0.717, 1.165) is 25.7 Å². The third-order valence-corrected chi connectivity index (χ3v) is 10.3. The van der Waals surface area contributed by atoms with E-state index < -0.39 is 9.84 Å². The van der Waals surface area contributed by atoms with Crippen LogP contribution < -0.4 is 0 Å². The molecule has 4 spiro atoms. The normalized spacial score (nSPS) is 45.1. The van der Waals surface area contributed by atoms with Gasteiger partial charge in [0, 0.05) is 0 Å². The first-order chi connectivity index (χ1) is 7.08. The van der Waals surface area contributed by atoms with E-state index >= 15 is 0 Å². The third kappa shape index (κ3) is 0.472. The van der Waals surface area contributed by atoms with Gasteiger partial charge in [-0.15, -0.1) is 0 Å². The van der Waals surface area contributed by atoms with Crippen molar-refractivity contribution in [2.75, 3.05) is 0 Å². The first-order valence-corrected chi connectivity index (χ1v) is 7.80. The van der Waals surface area contributed by atoms with Gasteiger partial charge in [0.25, 0.3) is 0 Å². The van der Waals surface area contributed by atoms with Crippen LogP contribution in [0.5, 0.6) is 0 Å². The summed E-state index contributed by atoms with van der Waals surface area (Å²) in [6.45, 7) is 0. The molecule has 2 nitrogen and oxygen atoms in total. The molecule has 0 amide bonds. The fraction of sp³-hybridized carbons (Fsp3) is 1.00. The minimum absolute atomic E-state index is 0.187. The van der Waals surface area contributed by atoms with E-state index in [4.69, 9.17) is 0 Å². The number of fused-ring (bicyclic) bond motifs is 3. The van der Waals surface area contributed by atoms with Crippen LogP contribution in [-0.4, -0.2) is 17.9 Å². The zero-order valence-corrected chi connectivity index (χ0v) is 9.70. The lowest BCUT2D eigenvalue weighted by molar-refractivity contribution is 0.272. The number of sulfone groups is 1. The monoisotopic (exact) mass is 224 g/mol. The van der Waals surface area contributed by atoms with Crippen LogP contribution in [0, 0.1) is 10.8 Å². The number of hydrogen-bond donors (Lipinski definition) is 0. The fourth-order valence-electron chi connectivity index (χ4n) is 5.60. The molecule has 5 aliphatic rings. The van der Waals surface area contributed by atoms with E-state index in [1.54, 1.807) is 0 Å². The Balaban J connectivity index is 1.90. The molecular formula is C12H16O2S. The minimum atomic E-state index is -2.77. The van der Waals surface area contributed by atoms with Crippen molar-refractivity contribution in [2.24, 2.45) is 10.8 Å². The van der Waals surface area contributed by atoms with Crippen molar-refractivity contribution in [3.8, 4) is 0 Å². The summed E-state index contributed by atoms with van der Waals surface area (Å²) in [5, 5.41) is 0. The van der Waals surface area contributed by atoms with Crippen LogP contribution in [0.1, 0.15) is 51.4 Å². The van der Waals surface area contributed by atoms with Crippen molar-refractivity contribution in [1.82, 2.24) is 0 Å². The Kier molecular flexibility index (Phi) is 0.877. The SMILES string of the molecule is O=S1(=O)C2(CC2)C2(CC2)C2(CC2)C12CC2. The standard InChI is InChI=1S/C12H16O2S/c13-15(14)11(5-6-11)9(1-2-9)10(3-4-10)12(15)7-8-12/h1-8H2. The molecule has 4 aliphatic carbocycles.